The molecule has 0 saturated heterocycles. The van der Waals surface area contributed by atoms with Gasteiger partial charge < -0.3 is 8.98 Å². The van der Waals surface area contributed by atoms with Crippen molar-refractivity contribution in [2.75, 3.05) is 0 Å². The molecule has 4 aromatic heterocycles. The van der Waals surface area contributed by atoms with Crippen molar-refractivity contribution in [3.05, 3.63) is 212 Å². The molecule has 294 valence electrons. The summed E-state index contributed by atoms with van der Waals surface area (Å²) in [5.41, 5.74) is 13.4. The molecule has 4 heterocycles. The molecule has 6 nitrogen and oxygen atoms in total. The maximum absolute atomic E-state index is 6.66. The third kappa shape index (κ3) is 5.69. The minimum Gasteiger partial charge on any atom is -0.456 e. The Morgan fingerprint density at radius 3 is 1.43 bits per heavy atom. The molecule has 13 aromatic rings. The lowest BCUT2D eigenvalue weighted by Gasteiger charge is -2.11. The molecule has 0 atom stereocenters. The average Bonchev–Trinajstić information content (AvgIpc) is 4.00. The van der Waals surface area contributed by atoms with Gasteiger partial charge in [0.2, 0.25) is 5.95 Å². The third-order valence-corrected chi connectivity index (χ3v) is 12.4. The zero-order chi connectivity index (χ0) is 41.4. The lowest BCUT2D eigenvalue weighted by atomic mass is 9.98. The van der Waals surface area contributed by atoms with Crippen molar-refractivity contribution in [3.8, 4) is 56.7 Å². The monoisotopic (exact) mass is 805 g/mol. The van der Waals surface area contributed by atoms with Gasteiger partial charge in [-0.25, -0.2) is 4.98 Å². The molecule has 13 rings (SSSR count). The van der Waals surface area contributed by atoms with Crippen LogP contribution in [0.3, 0.4) is 0 Å². The van der Waals surface area contributed by atoms with Crippen LogP contribution in [0, 0.1) is 0 Å². The molecule has 9 aromatic carbocycles. The number of para-hydroxylation sites is 3. The molecule has 0 amide bonds. The maximum Gasteiger partial charge on any atom is 0.238 e. The van der Waals surface area contributed by atoms with Gasteiger partial charge in [-0.3, -0.25) is 4.57 Å². The van der Waals surface area contributed by atoms with Crippen LogP contribution in [0.4, 0.5) is 0 Å². The van der Waals surface area contributed by atoms with Crippen LogP contribution in [0.25, 0.3) is 122 Å². The summed E-state index contributed by atoms with van der Waals surface area (Å²) in [7, 11) is 0. The number of hydrogen-bond acceptors (Lipinski definition) is 4. The van der Waals surface area contributed by atoms with Crippen molar-refractivity contribution >= 4 is 65.6 Å². The van der Waals surface area contributed by atoms with Crippen molar-refractivity contribution in [3.63, 3.8) is 0 Å². The number of aromatic nitrogens is 5. The highest BCUT2D eigenvalue weighted by Crippen LogP contribution is 2.40. The Bertz CT molecular complexity index is 3900. The van der Waals surface area contributed by atoms with Crippen molar-refractivity contribution < 1.29 is 4.42 Å². The summed E-state index contributed by atoms with van der Waals surface area (Å²) in [6.45, 7) is 0. The molecule has 0 bridgehead atoms. The molecule has 0 spiro atoms. The lowest BCUT2D eigenvalue weighted by Crippen LogP contribution is -2.06. The molecule has 0 fully saturated rings. The molecule has 0 aliphatic heterocycles. The predicted octanol–water partition coefficient (Wildman–Crippen LogP) is 14.6. The third-order valence-electron chi connectivity index (χ3n) is 12.4. The van der Waals surface area contributed by atoms with Crippen LogP contribution in [0.5, 0.6) is 0 Å². The van der Waals surface area contributed by atoms with E-state index >= 15 is 0 Å². The van der Waals surface area contributed by atoms with Crippen LogP contribution in [0.15, 0.2) is 217 Å². The highest BCUT2D eigenvalue weighted by Gasteiger charge is 2.22. The summed E-state index contributed by atoms with van der Waals surface area (Å²) in [4.78, 5) is 15.7. The van der Waals surface area contributed by atoms with E-state index in [1.165, 1.54) is 16.5 Å². The van der Waals surface area contributed by atoms with Crippen LogP contribution in [0.2, 0.25) is 0 Å². The Labute approximate surface area is 361 Å². The van der Waals surface area contributed by atoms with Crippen LogP contribution >= 0.6 is 0 Å². The molecule has 0 unspecified atom stereocenters. The van der Waals surface area contributed by atoms with Crippen molar-refractivity contribution in [2.45, 2.75) is 0 Å². The summed E-state index contributed by atoms with van der Waals surface area (Å²) in [5, 5.41) is 6.69. The van der Waals surface area contributed by atoms with Crippen molar-refractivity contribution in [1.29, 1.82) is 0 Å². The first kappa shape index (κ1) is 35.2. The van der Waals surface area contributed by atoms with Crippen LogP contribution in [-0.2, 0) is 0 Å². The fourth-order valence-corrected chi connectivity index (χ4v) is 9.42. The SMILES string of the molecule is c1ccc(-c2cccc(-c3ccc4c(c3)oc3cc(-c5nc(-c6ccccc6)nc(-n6c7ccccc7c7cc8c(cc76)c6ccccc6n8-c6ccccc6)n5)ccc34)c2)cc1. The minimum absolute atomic E-state index is 0.545. The number of rotatable bonds is 6. The van der Waals surface area contributed by atoms with Gasteiger partial charge in [0, 0.05) is 49.1 Å². The zero-order valence-corrected chi connectivity index (χ0v) is 33.9. The lowest BCUT2D eigenvalue weighted by molar-refractivity contribution is 0.669. The zero-order valence-electron chi connectivity index (χ0n) is 33.9. The van der Waals surface area contributed by atoms with E-state index in [2.05, 4.69) is 185 Å². The first-order chi connectivity index (χ1) is 31.2. The molecule has 63 heavy (non-hydrogen) atoms. The summed E-state index contributed by atoms with van der Waals surface area (Å²) < 4.78 is 11.2. The normalized spacial score (nSPS) is 11.8. The van der Waals surface area contributed by atoms with E-state index in [1.807, 2.05) is 36.4 Å². The summed E-state index contributed by atoms with van der Waals surface area (Å²) in [6.07, 6.45) is 0. The minimum atomic E-state index is 0.545. The molecule has 0 saturated carbocycles. The Morgan fingerprint density at radius 2 is 0.762 bits per heavy atom. The largest absolute Gasteiger partial charge is 0.456 e. The Hall–Kier alpha value is -8.61. The molecular formula is C57H35N5O. The molecular weight excluding hydrogens is 771 g/mol. The van der Waals surface area contributed by atoms with Gasteiger partial charge in [-0.15, -0.1) is 0 Å². The fraction of sp³-hybridized carbons (Fsp3) is 0. The Morgan fingerprint density at radius 1 is 0.286 bits per heavy atom. The quantitative estimate of drug-likeness (QED) is 0.168. The predicted molar refractivity (Wildman–Crippen MR) is 258 cm³/mol. The highest BCUT2D eigenvalue weighted by molar-refractivity contribution is 6.19. The van der Waals surface area contributed by atoms with E-state index < -0.39 is 0 Å². The molecule has 0 aliphatic carbocycles. The number of furan rings is 1. The molecule has 0 radical (unpaired) electrons. The second-order valence-corrected chi connectivity index (χ2v) is 16.0. The number of benzene rings is 9. The van der Waals surface area contributed by atoms with Gasteiger partial charge in [0.15, 0.2) is 11.6 Å². The standard InChI is InChI=1S/C57H35N5O/c1-4-15-36(16-5-1)38-19-14-20-39(31-38)40-27-29-45-46-30-28-41(33-54(46)63-53(45)32-40)56-58-55(37-17-6-2-7-18-37)59-57(60-56)62-50-26-13-11-24-44(50)48-34-51-47(35-52(48)62)43-23-10-12-25-49(43)61(51)42-21-8-3-9-22-42/h1-35H. The van der Waals surface area contributed by atoms with E-state index in [0.29, 0.717) is 17.6 Å². The molecule has 0 N–H and O–H groups in total. The van der Waals surface area contributed by atoms with Crippen LogP contribution < -0.4 is 0 Å². The van der Waals surface area contributed by atoms with Crippen molar-refractivity contribution in [1.82, 2.24) is 24.1 Å². The summed E-state index contributed by atoms with van der Waals surface area (Å²) >= 11 is 0. The molecule has 0 aliphatic rings. The van der Waals surface area contributed by atoms with E-state index in [9.17, 15) is 0 Å². The van der Waals surface area contributed by atoms with Gasteiger partial charge in [-0.1, -0.05) is 146 Å². The summed E-state index contributed by atoms with van der Waals surface area (Å²) in [6, 6.07) is 74.5. The van der Waals surface area contributed by atoms with Gasteiger partial charge >= 0.3 is 0 Å². The smallest absolute Gasteiger partial charge is 0.238 e. The van der Waals surface area contributed by atoms with E-state index in [4.69, 9.17) is 19.4 Å². The van der Waals surface area contributed by atoms with Gasteiger partial charge in [-0.05, 0) is 89.0 Å². The number of nitrogens with zero attached hydrogens (tertiary/aromatic N) is 5. The van der Waals surface area contributed by atoms with Crippen LogP contribution in [-0.4, -0.2) is 24.1 Å². The topological polar surface area (TPSA) is 61.7 Å². The highest BCUT2D eigenvalue weighted by atomic mass is 16.3. The molecule has 6 heteroatoms. The second kappa shape index (κ2) is 14.0. The second-order valence-electron chi connectivity index (χ2n) is 16.0. The Balaban J connectivity index is 0.989. The number of fused-ring (bicyclic) bond motifs is 9. The van der Waals surface area contributed by atoms with E-state index in [-0.39, 0.29) is 0 Å². The fourth-order valence-electron chi connectivity index (χ4n) is 9.42. The van der Waals surface area contributed by atoms with Crippen LogP contribution in [0.1, 0.15) is 0 Å². The van der Waals surface area contributed by atoms with Gasteiger partial charge in [0.1, 0.15) is 11.2 Å². The van der Waals surface area contributed by atoms with Gasteiger partial charge in [-0.2, -0.15) is 9.97 Å². The first-order valence-corrected chi connectivity index (χ1v) is 21.2. The number of hydrogen-bond donors (Lipinski definition) is 0. The maximum atomic E-state index is 6.66. The van der Waals surface area contributed by atoms with E-state index in [0.717, 1.165) is 88.1 Å². The Kier molecular flexibility index (Phi) is 7.80. The average molecular weight is 806 g/mol. The summed E-state index contributed by atoms with van der Waals surface area (Å²) in [5.74, 6) is 1.70. The van der Waals surface area contributed by atoms with Crippen molar-refractivity contribution in [2.24, 2.45) is 0 Å². The first-order valence-electron chi connectivity index (χ1n) is 21.2. The van der Waals surface area contributed by atoms with Gasteiger partial charge in [0.25, 0.3) is 0 Å². The van der Waals surface area contributed by atoms with Gasteiger partial charge in [0.05, 0.1) is 22.1 Å². The van der Waals surface area contributed by atoms with E-state index in [1.54, 1.807) is 0 Å².